The molecule has 0 saturated heterocycles. The van der Waals surface area contributed by atoms with Gasteiger partial charge in [0.1, 0.15) is 5.60 Å². The van der Waals surface area contributed by atoms with Gasteiger partial charge in [0.25, 0.3) is 0 Å². The van der Waals surface area contributed by atoms with Gasteiger partial charge in [-0.2, -0.15) is 0 Å². The molecule has 1 N–H and O–H groups in total. The van der Waals surface area contributed by atoms with Crippen LogP contribution in [0.2, 0.25) is 0 Å². The molecule has 0 aromatic carbocycles. The van der Waals surface area contributed by atoms with Crippen LogP contribution in [0.3, 0.4) is 0 Å². The molecule has 1 atom stereocenters. The van der Waals surface area contributed by atoms with Crippen LogP contribution in [0.5, 0.6) is 0 Å². The van der Waals surface area contributed by atoms with Gasteiger partial charge in [0, 0.05) is 13.0 Å². The minimum atomic E-state index is -1.47. The van der Waals surface area contributed by atoms with Crippen molar-refractivity contribution in [1.82, 2.24) is 5.32 Å². The molecule has 0 aliphatic carbocycles. The lowest BCUT2D eigenvalue weighted by molar-refractivity contribution is -0.154. The first-order chi connectivity index (χ1) is 7.26. The van der Waals surface area contributed by atoms with E-state index in [4.69, 9.17) is 4.74 Å². The van der Waals surface area contributed by atoms with E-state index >= 15 is 0 Å². The highest BCUT2D eigenvalue weighted by molar-refractivity contribution is 5.74. The summed E-state index contributed by atoms with van der Waals surface area (Å²) in [7, 11) is 1.15. The lowest BCUT2D eigenvalue weighted by Crippen LogP contribution is -2.35. The Morgan fingerprint density at radius 1 is 1.31 bits per heavy atom. The van der Waals surface area contributed by atoms with Crippen molar-refractivity contribution in [3.63, 3.8) is 0 Å². The van der Waals surface area contributed by atoms with Crippen molar-refractivity contribution in [2.75, 3.05) is 13.7 Å². The fraction of sp³-hybridized carbons (Fsp3) is 0.800. The molecule has 0 fully saturated rings. The second-order valence-corrected chi connectivity index (χ2v) is 4.23. The summed E-state index contributed by atoms with van der Waals surface area (Å²) < 4.78 is 9.19. The van der Waals surface area contributed by atoms with Crippen molar-refractivity contribution >= 4 is 12.1 Å². The number of amides is 1. The van der Waals surface area contributed by atoms with Crippen molar-refractivity contribution < 1.29 is 24.2 Å². The minimum absolute atomic E-state index is 0.0219. The van der Waals surface area contributed by atoms with E-state index in [2.05, 4.69) is 10.1 Å². The highest BCUT2D eigenvalue weighted by atomic mass is 16.6. The number of ether oxygens (including phenoxy) is 2. The number of alkyl carbamates (subject to hydrolysis) is 1. The second kappa shape index (κ2) is 6.32. The summed E-state index contributed by atoms with van der Waals surface area (Å²) in [5.41, 5.74) is -0.580. The van der Waals surface area contributed by atoms with E-state index in [9.17, 15) is 14.7 Å². The molecule has 6 nitrogen and oxygen atoms in total. The van der Waals surface area contributed by atoms with E-state index < -0.39 is 23.8 Å². The van der Waals surface area contributed by atoms with Crippen LogP contribution in [-0.2, 0) is 19.4 Å². The van der Waals surface area contributed by atoms with E-state index in [1.807, 2.05) is 0 Å². The Bertz CT molecular complexity index is 246. The maximum atomic E-state index is 11.1. The summed E-state index contributed by atoms with van der Waals surface area (Å²) in [6.07, 6.45) is -2.10. The summed E-state index contributed by atoms with van der Waals surface area (Å²) in [5.74, 6) is -0.828. The third kappa shape index (κ3) is 7.05. The van der Waals surface area contributed by atoms with Crippen LogP contribution in [0.25, 0.3) is 0 Å². The Kier molecular flexibility index (Phi) is 5.81. The highest BCUT2D eigenvalue weighted by Crippen LogP contribution is 2.06. The topological polar surface area (TPSA) is 84.5 Å². The zero-order valence-electron chi connectivity index (χ0n) is 10.0. The van der Waals surface area contributed by atoms with Crippen LogP contribution in [0, 0.1) is 0 Å². The summed E-state index contributed by atoms with van der Waals surface area (Å²) in [6, 6.07) is 0. The number of esters is 1. The molecular weight excluding hydrogens is 214 g/mol. The van der Waals surface area contributed by atoms with Gasteiger partial charge in [-0.15, -0.1) is 0 Å². The van der Waals surface area contributed by atoms with E-state index in [-0.39, 0.29) is 13.0 Å². The van der Waals surface area contributed by atoms with Gasteiger partial charge in [-0.1, -0.05) is 0 Å². The zero-order chi connectivity index (χ0) is 12.8. The number of methoxy groups -OCH3 is 1. The van der Waals surface area contributed by atoms with Crippen molar-refractivity contribution in [3.05, 3.63) is 0 Å². The molecule has 1 unspecified atom stereocenters. The average molecular weight is 232 g/mol. The molecule has 0 aromatic heterocycles. The standard InChI is InChI=1S/C10H18NO5/c1-10(2,3)16-9(14)11-6-5-7(12)8(13)15-4/h7H,5-6H2,1-4H3,(H,11,14). The van der Waals surface area contributed by atoms with Gasteiger partial charge in [-0.25, -0.2) is 14.7 Å². The molecule has 0 heterocycles. The predicted octanol–water partition coefficient (Wildman–Crippen LogP) is 0.873. The predicted molar refractivity (Wildman–Crippen MR) is 55.3 cm³/mol. The molecule has 1 amide bonds. The first-order valence-corrected chi connectivity index (χ1v) is 4.97. The number of hydrogen-bond donors (Lipinski definition) is 1. The van der Waals surface area contributed by atoms with Gasteiger partial charge >= 0.3 is 12.1 Å². The van der Waals surface area contributed by atoms with Gasteiger partial charge in [0.05, 0.1) is 7.11 Å². The molecule has 16 heavy (non-hydrogen) atoms. The summed E-state index contributed by atoms with van der Waals surface area (Å²) >= 11 is 0. The molecule has 0 aliphatic heterocycles. The van der Waals surface area contributed by atoms with Crippen molar-refractivity contribution in [3.8, 4) is 0 Å². The fourth-order valence-electron chi connectivity index (χ4n) is 0.869. The number of rotatable bonds is 4. The lowest BCUT2D eigenvalue weighted by atomic mass is 10.2. The van der Waals surface area contributed by atoms with Crippen LogP contribution in [-0.4, -0.2) is 37.4 Å². The van der Waals surface area contributed by atoms with Crippen LogP contribution >= 0.6 is 0 Å². The van der Waals surface area contributed by atoms with E-state index in [0.717, 1.165) is 7.11 Å². The molecule has 6 heteroatoms. The monoisotopic (exact) mass is 232 g/mol. The summed E-state index contributed by atoms with van der Waals surface area (Å²) in [5, 5.41) is 13.4. The fourth-order valence-corrected chi connectivity index (χ4v) is 0.869. The van der Waals surface area contributed by atoms with Crippen LogP contribution in [0.4, 0.5) is 4.79 Å². The van der Waals surface area contributed by atoms with Crippen molar-refractivity contribution in [2.24, 2.45) is 0 Å². The Morgan fingerprint density at radius 3 is 2.31 bits per heavy atom. The van der Waals surface area contributed by atoms with Crippen LogP contribution in [0.15, 0.2) is 0 Å². The van der Waals surface area contributed by atoms with Gasteiger partial charge < -0.3 is 14.8 Å². The second-order valence-electron chi connectivity index (χ2n) is 4.23. The highest BCUT2D eigenvalue weighted by Gasteiger charge is 2.19. The molecule has 0 bridgehead atoms. The van der Waals surface area contributed by atoms with E-state index in [0.29, 0.717) is 0 Å². The molecule has 93 valence electrons. The van der Waals surface area contributed by atoms with Gasteiger partial charge in [0.2, 0.25) is 0 Å². The molecule has 1 radical (unpaired) electrons. The number of hydrogen-bond acceptors (Lipinski definition) is 4. The Morgan fingerprint density at radius 2 is 1.88 bits per heavy atom. The number of carbonyl (C=O) groups excluding carboxylic acids is 2. The summed E-state index contributed by atoms with van der Waals surface area (Å²) in [6.45, 7) is 5.28. The summed E-state index contributed by atoms with van der Waals surface area (Å²) in [4.78, 5) is 21.9. The van der Waals surface area contributed by atoms with Gasteiger partial charge in [0.15, 0.2) is 6.10 Å². The van der Waals surface area contributed by atoms with E-state index in [1.165, 1.54) is 0 Å². The Balaban J connectivity index is 3.74. The quantitative estimate of drug-likeness (QED) is 0.729. The maximum absolute atomic E-state index is 11.1. The first kappa shape index (κ1) is 14.7. The van der Waals surface area contributed by atoms with Crippen LogP contribution in [0.1, 0.15) is 27.2 Å². The minimum Gasteiger partial charge on any atom is -0.467 e. The van der Waals surface area contributed by atoms with E-state index in [1.54, 1.807) is 20.8 Å². The number of carbonyl (C=O) groups is 2. The van der Waals surface area contributed by atoms with Gasteiger partial charge in [-0.3, -0.25) is 0 Å². The molecule has 0 saturated carbocycles. The molecule has 0 aromatic rings. The van der Waals surface area contributed by atoms with Gasteiger partial charge in [-0.05, 0) is 20.8 Å². The smallest absolute Gasteiger partial charge is 0.407 e. The average Bonchev–Trinajstić information content (AvgIpc) is 2.13. The number of nitrogens with one attached hydrogen (secondary N) is 1. The van der Waals surface area contributed by atoms with Crippen molar-refractivity contribution in [2.45, 2.75) is 38.9 Å². The Labute approximate surface area is 94.9 Å². The third-order valence-electron chi connectivity index (χ3n) is 1.54. The Hall–Kier alpha value is -1.30. The first-order valence-electron chi connectivity index (χ1n) is 4.97. The van der Waals surface area contributed by atoms with Crippen LogP contribution < -0.4 is 5.32 Å². The maximum Gasteiger partial charge on any atom is 0.407 e. The zero-order valence-corrected chi connectivity index (χ0v) is 10.0. The third-order valence-corrected chi connectivity index (χ3v) is 1.54. The molecule has 0 aliphatic rings. The lowest BCUT2D eigenvalue weighted by Gasteiger charge is -2.19. The SMILES string of the molecule is COC(=O)C([O])CCNC(=O)OC(C)(C)C. The molecule has 0 spiro atoms. The molecular formula is C10H18NO5. The normalized spacial score (nSPS) is 12.8. The molecule has 0 rings (SSSR count). The largest absolute Gasteiger partial charge is 0.467 e. The van der Waals surface area contributed by atoms with Crippen molar-refractivity contribution in [1.29, 1.82) is 0 Å².